The zero-order valence-electron chi connectivity index (χ0n) is 17.9. The third-order valence-electron chi connectivity index (χ3n) is 5.87. The molecule has 2 saturated heterocycles. The van der Waals surface area contributed by atoms with Crippen LogP contribution in [0.2, 0.25) is 0 Å². The fourth-order valence-electron chi connectivity index (χ4n) is 3.86. The fraction of sp³-hybridized carbons (Fsp3) is 0.571. The highest BCUT2D eigenvalue weighted by Crippen LogP contribution is 2.31. The van der Waals surface area contributed by atoms with E-state index < -0.39 is 79.2 Å². The van der Waals surface area contributed by atoms with Crippen molar-refractivity contribution in [1.82, 2.24) is 0 Å². The molecule has 0 amide bonds. The Morgan fingerprint density at radius 1 is 0.882 bits per heavy atom. The summed E-state index contributed by atoms with van der Waals surface area (Å²) in [6, 6.07) is 3.50. The van der Waals surface area contributed by atoms with Crippen LogP contribution >= 0.6 is 0 Å². The van der Waals surface area contributed by atoms with Crippen LogP contribution in [0.4, 0.5) is 0 Å². The van der Waals surface area contributed by atoms with Gasteiger partial charge in [-0.3, -0.25) is 4.79 Å². The molecule has 2 fully saturated rings. The Morgan fingerprint density at radius 3 is 2.29 bits per heavy atom. The second-order valence-electron chi connectivity index (χ2n) is 8.25. The molecule has 0 radical (unpaired) electrons. The van der Waals surface area contributed by atoms with Gasteiger partial charge in [0.05, 0.1) is 19.0 Å². The van der Waals surface area contributed by atoms with Crippen molar-refractivity contribution in [1.29, 1.82) is 0 Å². The second-order valence-corrected chi connectivity index (χ2v) is 8.25. The molecule has 34 heavy (non-hydrogen) atoms. The number of ether oxygens (including phenoxy) is 4. The Bertz CT molecular complexity index is 1060. The van der Waals surface area contributed by atoms with Crippen molar-refractivity contribution < 1.29 is 59.1 Å². The van der Waals surface area contributed by atoms with E-state index in [-0.39, 0.29) is 16.7 Å². The maximum absolute atomic E-state index is 11.9. The Morgan fingerprint density at radius 2 is 1.56 bits per heavy atom. The molecule has 0 bridgehead atoms. The summed E-state index contributed by atoms with van der Waals surface area (Å²) in [4.78, 5) is 11.9. The molecule has 2 aliphatic heterocycles. The van der Waals surface area contributed by atoms with Crippen LogP contribution in [0.5, 0.6) is 11.5 Å². The lowest BCUT2D eigenvalue weighted by Crippen LogP contribution is -2.61. The minimum absolute atomic E-state index is 0.00608. The van der Waals surface area contributed by atoms with E-state index in [1.807, 2.05) is 0 Å². The first-order chi connectivity index (χ1) is 16.1. The number of hydrogen-bond acceptors (Lipinski definition) is 13. The summed E-state index contributed by atoms with van der Waals surface area (Å²) in [5.41, 5.74) is -0.472. The third-order valence-corrected chi connectivity index (χ3v) is 5.87. The molecule has 188 valence electrons. The number of fused-ring (bicyclic) bond motifs is 1. The van der Waals surface area contributed by atoms with E-state index in [0.717, 1.165) is 18.4 Å². The Hall–Kier alpha value is -2.33. The van der Waals surface area contributed by atoms with Gasteiger partial charge in [-0.15, -0.1) is 0 Å². The van der Waals surface area contributed by atoms with Crippen molar-refractivity contribution in [2.24, 2.45) is 0 Å². The number of aliphatic hydroxyl groups is 6. The summed E-state index contributed by atoms with van der Waals surface area (Å²) in [5.74, 6) is -0.505. The molecular weight excluding hydrogens is 460 g/mol. The summed E-state index contributed by atoms with van der Waals surface area (Å²) >= 11 is 0. The standard InChI is InChI=1S/C21H26O13/c1-7-14(24)16(26)18(28)20(32-7)31-6-12-15(25)17(27)19(29)21(34-12)33-8-4-10(23)13-9(22)2-3-30-11(13)5-8/h2-5,7,12,14-21,23-29H,6H2,1H3/t7-,12-,14-,15-,16+,17+,18+,19-,20+,21-/m1/s1. The van der Waals surface area contributed by atoms with Crippen molar-refractivity contribution in [2.75, 3.05) is 6.61 Å². The number of benzene rings is 1. The highest BCUT2D eigenvalue weighted by molar-refractivity contribution is 5.84. The van der Waals surface area contributed by atoms with Gasteiger partial charge in [-0.2, -0.15) is 0 Å². The Kier molecular flexibility index (Phi) is 7.09. The van der Waals surface area contributed by atoms with Gasteiger partial charge >= 0.3 is 0 Å². The summed E-state index contributed by atoms with van der Waals surface area (Å²) in [6.07, 6.45) is -13.4. The average molecular weight is 486 g/mol. The predicted molar refractivity (Wildman–Crippen MR) is 110 cm³/mol. The van der Waals surface area contributed by atoms with Gasteiger partial charge < -0.3 is 59.1 Å². The van der Waals surface area contributed by atoms with Crippen molar-refractivity contribution in [2.45, 2.75) is 68.3 Å². The molecule has 13 nitrogen and oxygen atoms in total. The molecule has 13 heteroatoms. The number of phenolic OH excluding ortho intramolecular Hbond substituents is 1. The maximum Gasteiger partial charge on any atom is 0.229 e. The zero-order chi connectivity index (χ0) is 24.7. The number of phenols is 1. The van der Waals surface area contributed by atoms with Crippen LogP contribution in [-0.2, 0) is 14.2 Å². The molecule has 10 atom stereocenters. The highest BCUT2D eigenvalue weighted by Gasteiger charge is 2.47. The van der Waals surface area contributed by atoms with E-state index in [1.54, 1.807) is 0 Å². The van der Waals surface area contributed by atoms with Crippen LogP contribution < -0.4 is 10.2 Å². The molecule has 1 aromatic heterocycles. The van der Waals surface area contributed by atoms with Gasteiger partial charge in [0.1, 0.15) is 65.2 Å². The predicted octanol–water partition coefficient (Wildman–Crippen LogP) is -2.47. The van der Waals surface area contributed by atoms with Crippen LogP contribution in [-0.4, -0.2) is 104 Å². The van der Waals surface area contributed by atoms with Crippen molar-refractivity contribution in [3.63, 3.8) is 0 Å². The molecule has 4 rings (SSSR count). The number of aliphatic hydroxyl groups excluding tert-OH is 6. The molecular formula is C21H26O13. The van der Waals surface area contributed by atoms with Crippen LogP contribution in [0.15, 0.2) is 33.7 Å². The SMILES string of the molecule is C[C@H]1O[C@H](OC[C@H]2O[C@@H](Oc3cc(O)c4c(=O)ccoc4c3)[C@H](O)[C@@H](O)[C@@H]2O)[C@@H](O)[C@@H](O)[C@@H]1O. The fourth-order valence-corrected chi connectivity index (χ4v) is 3.86. The van der Waals surface area contributed by atoms with Crippen LogP contribution in [0.1, 0.15) is 6.92 Å². The van der Waals surface area contributed by atoms with E-state index in [9.17, 15) is 40.5 Å². The van der Waals surface area contributed by atoms with E-state index in [2.05, 4.69) is 0 Å². The van der Waals surface area contributed by atoms with Crippen LogP contribution in [0.3, 0.4) is 0 Å². The normalized spacial score (nSPS) is 38.7. The van der Waals surface area contributed by atoms with Crippen molar-refractivity contribution >= 4 is 11.0 Å². The Labute approximate surface area is 191 Å². The molecule has 0 aliphatic carbocycles. The first kappa shape index (κ1) is 24.8. The topological polar surface area (TPSA) is 209 Å². The third kappa shape index (κ3) is 4.62. The van der Waals surface area contributed by atoms with Crippen molar-refractivity contribution in [3.05, 3.63) is 34.7 Å². The van der Waals surface area contributed by atoms with Crippen LogP contribution in [0, 0.1) is 0 Å². The zero-order valence-corrected chi connectivity index (χ0v) is 17.9. The molecule has 0 unspecified atom stereocenters. The van der Waals surface area contributed by atoms with E-state index in [4.69, 9.17) is 23.4 Å². The van der Waals surface area contributed by atoms with Gasteiger partial charge in [0, 0.05) is 18.2 Å². The van der Waals surface area contributed by atoms with Gasteiger partial charge in [-0.25, -0.2) is 0 Å². The number of rotatable bonds is 5. The molecule has 2 aromatic rings. The van der Waals surface area contributed by atoms with Gasteiger partial charge in [-0.05, 0) is 6.92 Å². The average Bonchev–Trinajstić information content (AvgIpc) is 2.80. The molecule has 1 aromatic carbocycles. The maximum atomic E-state index is 11.9. The first-order valence-electron chi connectivity index (χ1n) is 10.5. The van der Waals surface area contributed by atoms with Gasteiger partial charge in [0.25, 0.3) is 0 Å². The summed E-state index contributed by atoms with van der Waals surface area (Å²) in [7, 11) is 0. The summed E-state index contributed by atoms with van der Waals surface area (Å²) < 4.78 is 27.0. The monoisotopic (exact) mass is 486 g/mol. The molecule has 2 aliphatic rings. The van der Waals surface area contributed by atoms with E-state index in [1.165, 1.54) is 13.0 Å². The minimum atomic E-state index is -1.72. The van der Waals surface area contributed by atoms with Crippen LogP contribution in [0.25, 0.3) is 11.0 Å². The second kappa shape index (κ2) is 9.73. The lowest BCUT2D eigenvalue weighted by Gasteiger charge is -2.42. The van der Waals surface area contributed by atoms with Gasteiger partial charge in [0.2, 0.25) is 6.29 Å². The Balaban J connectivity index is 1.47. The van der Waals surface area contributed by atoms with Gasteiger partial charge in [0.15, 0.2) is 11.7 Å². The highest BCUT2D eigenvalue weighted by atomic mass is 16.7. The smallest absolute Gasteiger partial charge is 0.229 e. The first-order valence-corrected chi connectivity index (χ1v) is 10.5. The summed E-state index contributed by atoms with van der Waals surface area (Å²) in [5, 5.41) is 70.7. The minimum Gasteiger partial charge on any atom is -0.507 e. The lowest BCUT2D eigenvalue weighted by atomic mass is 9.98. The molecule has 3 heterocycles. The summed E-state index contributed by atoms with van der Waals surface area (Å²) in [6.45, 7) is 1.01. The van der Waals surface area contributed by atoms with Crippen molar-refractivity contribution in [3.8, 4) is 11.5 Å². The largest absolute Gasteiger partial charge is 0.507 e. The van der Waals surface area contributed by atoms with E-state index in [0.29, 0.717) is 0 Å². The number of hydrogen-bond donors (Lipinski definition) is 7. The van der Waals surface area contributed by atoms with Gasteiger partial charge in [-0.1, -0.05) is 0 Å². The van der Waals surface area contributed by atoms with E-state index >= 15 is 0 Å². The molecule has 0 spiro atoms. The molecule has 7 N–H and O–H groups in total. The quantitative estimate of drug-likeness (QED) is 0.234. The lowest BCUT2D eigenvalue weighted by molar-refractivity contribution is -0.318. The molecule has 0 saturated carbocycles. The number of aromatic hydroxyl groups is 1.